The largest absolute Gasteiger partial charge is 0.352 e. The van der Waals surface area contributed by atoms with Gasteiger partial charge in [0.2, 0.25) is 0 Å². The number of amides is 1. The monoisotopic (exact) mass is 542 g/mol. The molecule has 10 nitrogen and oxygen atoms in total. The molecule has 2 aromatic rings. The summed E-state index contributed by atoms with van der Waals surface area (Å²) >= 11 is 0. The zero-order valence-corrected chi connectivity index (χ0v) is 23.7. The summed E-state index contributed by atoms with van der Waals surface area (Å²) < 4.78 is 26.8. The first-order chi connectivity index (χ1) is 18.1. The summed E-state index contributed by atoms with van der Waals surface area (Å²) in [6, 6.07) is 3.72. The number of rotatable bonds is 4. The van der Waals surface area contributed by atoms with Gasteiger partial charge in [-0.15, -0.1) is 10.2 Å². The predicted molar refractivity (Wildman–Crippen MR) is 144 cm³/mol. The van der Waals surface area contributed by atoms with Crippen LogP contribution >= 0.6 is 0 Å². The van der Waals surface area contributed by atoms with Crippen LogP contribution in [0, 0.1) is 11.3 Å². The second kappa shape index (κ2) is 10.5. The topological polar surface area (TPSA) is 119 Å². The van der Waals surface area contributed by atoms with Gasteiger partial charge in [0.15, 0.2) is 11.5 Å². The van der Waals surface area contributed by atoms with Crippen LogP contribution in [0.4, 0.5) is 21.8 Å². The van der Waals surface area contributed by atoms with Crippen molar-refractivity contribution in [3.63, 3.8) is 0 Å². The summed E-state index contributed by atoms with van der Waals surface area (Å²) in [6.45, 7) is 14.0. The highest BCUT2D eigenvalue weighted by Crippen LogP contribution is 2.46. The zero-order valence-electron chi connectivity index (χ0n) is 22.9. The summed E-state index contributed by atoms with van der Waals surface area (Å²) in [5, 5.41) is 15.5. The maximum atomic E-state index is 14.9. The van der Waals surface area contributed by atoms with Gasteiger partial charge in [-0.1, -0.05) is 34.6 Å². The molecule has 0 bridgehead atoms. The molecule has 0 aromatic carbocycles. The molecule has 1 amide bonds. The fourth-order valence-electron chi connectivity index (χ4n) is 5.30. The SMILES string of the molecule is CC.CCc1cc(N2CC(C)(C)c3c(N4CCN(C(=O)C5(F)CCS5=O)C(C)C4)ncnc32)nnc1C#N. The molecule has 5 rings (SSSR count). The lowest BCUT2D eigenvalue weighted by molar-refractivity contribution is -0.142. The standard InChI is InChI=1S/C24H29FN8O2S.C2H6/c1-5-16-10-18(30-29-17(16)11-26)33-13-23(3,4)19-20(27-14-28-21(19)33)31-7-8-32(15(2)12-31)22(34)24(25)6-9-36(24)35;1-2/h10,14-15H,5-9,12-13H2,1-4H3;1-2H3. The van der Waals surface area contributed by atoms with Gasteiger partial charge in [-0.2, -0.15) is 5.26 Å². The fraction of sp³-hybridized carbons (Fsp3) is 0.615. The molecule has 0 aliphatic carbocycles. The Kier molecular flexibility index (Phi) is 7.70. The van der Waals surface area contributed by atoms with Crippen molar-refractivity contribution in [2.75, 3.05) is 41.7 Å². The van der Waals surface area contributed by atoms with Crippen LogP contribution in [0.2, 0.25) is 0 Å². The molecule has 0 spiro atoms. The van der Waals surface area contributed by atoms with Gasteiger partial charge in [0, 0.05) is 55.4 Å². The van der Waals surface area contributed by atoms with E-state index in [1.165, 1.54) is 11.2 Å². The van der Waals surface area contributed by atoms with Crippen molar-refractivity contribution in [3.8, 4) is 6.07 Å². The number of carbonyl (C=O) groups excluding carboxylic acids is 1. The third kappa shape index (κ3) is 4.51. The lowest BCUT2D eigenvalue weighted by Crippen LogP contribution is -2.62. The Labute approximate surface area is 225 Å². The summed E-state index contributed by atoms with van der Waals surface area (Å²) in [4.78, 5) is 27.7. The maximum Gasteiger partial charge on any atom is 0.273 e. The van der Waals surface area contributed by atoms with Crippen LogP contribution in [-0.2, 0) is 27.4 Å². The van der Waals surface area contributed by atoms with Crippen molar-refractivity contribution in [3.05, 3.63) is 29.2 Å². The Balaban J connectivity index is 0.00000164. The van der Waals surface area contributed by atoms with E-state index in [0.717, 1.165) is 22.8 Å². The van der Waals surface area contributed by atoms with Crippen molar-refractivity contribution in [1.29, 1.82) is 5.26 Å². The second-order valence-corrected chi connectivity index (χ2v) is 12.0. The van der Waals surface area contributed by atoms with Crippen LogP contribution in [0.3, 0.4) is 0 Å². The molecule has 3 aliphatic rings. The molecule has 12 heteroatoms. The molecule has 5 heterocycles. The van der Waals surface area contributed by atoms with Crippen molar-refractivity contribution in [2.24, 2.45) is 0 Å². The molecule has 3 aliphatic heterocycles. The molecule has 3 atom stereocenters. The van der Waals surface area contributed by atoms with E-state index in [4.69, 9.17) is 0 Å². The Morgan fingerprint density at radius 1 is 1.24 bits per heavy atom. The quantitative estimate of drug-likeness (QED) is 0.574. The molecule has 2 aromatic heterocycles. The van der Waals surface area contributed by atoms with Crippen molar-refractivity contribution >= 4 is 34.2 Å². The first kappa shape index (κ1) is 27.8. The summed E-state index contributed by atoms with van der Waals surface area (Å²) in [5.41, 5.74) is 1.82. The summed E-state index contributed by atoms with van der Waals surface area (Å²) in [7, 11) is -1.75. The zero-order chi connectivity index (χ0) is 27.8. The molecule has 38 heavy (non-hydrogen) atoms. The first-order valence-electron chi connectivity index (χ1n) is 13.1. The Morgan fingerprint density at radius 3 is 2.53 bits per heavy atom. The van der Waals surface area contributed by atoms with Crippen molar-refractivity contribution < 1.29 is 13.4 Å². The van der Waals surface area contributed by atoms with Gasteiger partial charge in [-0.25, -0.2) is 14.4 Å². The molecule has 0 saturated carbocycles. The Morgan fingerprint density at radius 2 is 1.95 bits per heavy atom. The third-order valence-electron chi connectivity index (χ3n) is 7.39. The van der Waals surface area contributed by atoms with Gasteiger partial charge in [-0.3, -0.25) is 9.00 Å². The van der Waals surface area contributed by atoms with Crippen LogP contribution in [-0.4, -0.2) is 78.2 Å². The minimum Gasteiger partial charge on any atom is -0.352 e. The van der Waals surface area contributed by atoms with Gasteiger partial charge < -0.3 is 14.7 Å². The number of aromatic nitrogens is 4. The number of nitrogens with zero attached hydrogens (tertiary/aromatic N) is 8. The number of halogens is 1. The number of anilines is 3. The average Bonchev–Trinajstić information content (AvgIpc) is 3.22. The van der Waals surface area contributed by atoms with E-state index in [-0.39, 0.29) is 23.6 Å². The molecular weight excluding hydrogens is 507 g/mol. The number of carbonyl (C=O) groups is 1. The number of nitriles is 1. The third-order valence-corrected chi connectivity index (χ3v) is 9.07. The normalized spacial score (nSPS) is 25.6. The first-order valence-corrected chi connectivity index (χ1v) is 14.5. The van der Waals surface area contributed by atoms with Gasteiger partial charge in [-0.05, 0) is 25.0 Å². The van der Waals surface area contributed by atoms with E-state index in [9.17, 15) is 18.7 Å². The van der Waals surface area contributed by atoms with E-state index in [2.05, 4.69) is 45.0 Å². The van der Waals surface area contributed by atoms with E-state index >= 15 is 0 Å². The van der Waals surface area contributed by atoms with Gasteiger partial charge >= 0.3 is 0 Å². The molecule has 0 radical (unpaired) electrons. The maximum absolute atomic E-state index is 14.9. The van der Waals surface area contributed by atoms with Gasteiger partial charge in [0.25, 0.3) is 10.9 Å². The molecule has 2 saturated heterocycles. The molecule has 204 valence electrons. The van der Waals surface area contributed by atoms with E-state index in [1.54, 1.807) is 0 Å². The fourth-order valence-corrected chi connectivity index (χ4v) is 6.35. The molecule has 3 unspecified atom stereocenters. The van der Waals surface area contributed by atoms with Crippen molar-refractivity contribution in [1.82, 2.24) is 25.1 Å². The van der Waals surface area contributed by atoms with Crippen LogP contribution in [0.1, 0.15) is 64.8 Å². The highest BCUT2D eigenvalue weighted by Gasteiger charge is 2.55. The predicted octanol–water partition coefficient (Wildman–Crippen LogP) is 3.01. The van der Waals surface area contributed by atoms with Crippen LogP contribution in [0.25, 0.3) is 0 Å². The lowest BCUT2D eigenvalue weighted by Gasteiger charge is -2.44. The average molecular weight is 543 g/mol. The van der Waals surface area contributed by atoms with E-state index in [1.807, 2.05) is 38.7 Å². The number of hydrogen-bond donors (Lipinski definition) is 0. The van der Waals surface area contributed by atoms with Gasteiger partial charge in [0.05, 0.1) is 10.8 Å². The van der Waals surface area contributed by atoms with Crippen LogP contribution < -0.4 is 9.80 Å². The van der Waals surface area contributed by atoms with Crippen LogP contribution in [0.5, 0.6) is 0 Å². The minimum atomic E-state index is -2.24. The highest BCUT2D eigenvalue weighted by molar-refractivity contribution is 7.88. The number of alkyl halides is 1. The summed E-state index contributed by atoms with van der Waals surface area (Å²) in [5.74, 6) is 1.73. The molecule has 2 fully saturated rings. The lowest BCUT2D eigenvalue weighted by atomic mass is 9.87. The van der Waals surface area contributed by atoms with Crippen molar-refractivity contribution in [2.45, 2.75) is 70.8 Å². The van der Waals surface area contributed by atoms with Gasteiger partial charge in [0.1, 0.15) is 24.0 Å². The minimum absolute atomic E-state index is 0.0206. The second-order valence-electron chi connectivity index (χ2n) is 10.2. The molecular formula is C26H35FN8O2S. The van der Waals surface area contributed by atoms with Crippen LogP contribution in [0.15, 0.2) is 12.4 Å². The number of hydrogen-bond acceptors (Lipinski definition) is 9. The summed E-state index contributed by atoms with van der Waals surface area (Å²) in [6.07, 6.45) is 2.21. The highest BCUT2D eigenvalue weighted by atomic mass is 32.2. The Hall–Kier alpha value is -3.20. The number of aryl methyl sites for hydroxylation is 1. The number of piperazine rings is 1. The molecule has 0 N–H and O–H groups in total. The smallest absolute Gasteiger partial charge is 0.273 e. The van der Waals surface area contributed by atoms with E-state index < -0.39 is 21.7 Å². The number of fused-ring (bicyclic) bond motifs is 1. The Bertz CT molecular complexity index is 1300. The van der Waals surface area contributed by atoms with E-state index in [0.29, 0.717) is 44.1 Å².